The van der Waals surface area contributed by atoms with Crippen LogP contribution in [-0.2, 0) is 18.9 Å². The Kier molecular flexibility index (Phi) is 4.30. The number of hydrogen-bond acceptors (Lipinski definition) is 4. The van der Waals surface area contributed by atoms with Gasteiger partial charge < -0.3 is 9.80 Å². The number of carbonyl (C=O) groups excluding carboxylic acids is 2. The fourth-order valence-electron chi connectivity index (χ4n) is 3.93. The van der Waals surface area contributed by atoms with E-state index in [1.165, 1.54) is 24.7 Å². The van der Waals surface area contributed by atoms with Crippen molar-refractivity contribution < 1.29 is 9.59 Å². The summed E-state index contributed by atoms with van der Waals surface area (Å²) >= 11 is 0. The zero-order valence-electron chi connectivity index (χ0n) is 14.9. The summed E-state index contributed by atoms with van der Waals surface area (Å²) in [6.45, 7) is 1.88. The Morgan fingerprint density at radius 2 is 1.64 bits per heavy atom. The van der Waals surface area contributed by atoms with Gasteiger partial charge in [0.1, 0.15) is 5.69 Å². The summed E-state index contributed by atoms with van der Waals surface area (Å²) in [4.78, 5) is 51.8. The average molecular weight is 348 g/mol. The number of amides is 2. The molecule has 0 bridgehead atoms. The summed E-state index contributed by atoms with van der Waals surface area (Å²) in [5.74, 6) is -0.105. The van der Waals surface area contributed by atoms with Gasteiger partial charge in [-0.05, 0) is 24.7 Å². The predicted molar refractivity (Wildman–Crippen MR) is 91.4 cm³/mol. The molecule has 3 heterocycles. The summed E-state index contributed by atoms with van der Waals surface area (Å²) in [7, 11) is 4.73. The largest absolute Gasteiger partial charge is 0.345 e. The molecule has 0 aliphatic carbocycles. The Bertz CT molecular complexity index is 830. The van der Waals surface area contributed by atoms with Crippen molar-refractivity contribution >= 4 is 11.8 Å². The van der Waals surface area contributed by atoms with E-state index in [9.17, 15) is 19.2 Å². The lowest BCUT2D eigenvalue weighted by Gasteiger charge is -2.46. The maximum atomic E-state index is 12.8. The molecular weight excluding hydrogens is 324 g/mol. The van der Waals surface area contributed by atoms with E-state index in [0.717, 1.165) is 30.4 Å². The fraction of sp³-hybridized carbons (Fsp3) is 0.647. The van der Waals surface area contributed by atoms with E-state index in [4.69, 9.17) is 0 Å². The summed E-state index contributed by atoms with van der Waals surface area (Å²) in [5.41, 5.74) is -0.776. The van der Waals surface area contributed by atoms with Gasteiger partial charge in [-0.2, -0.15) is 0 Å². The smallest absolute Gasteiger partial charge is 0.331 e. The maximum absolute atomic E-state index is 12.8. The summed E-state index contributed by atoms with van der Waals surface area (Å²) < 4.78 is 2.21. The highest BCUT2D eigenvalue weighted by molar-refractivity contribution is 5.92. The minimum absolute atomic E-state index is 0.0815. The van der Waals surface area contributed by atoms with Crippen LogP contribution >= 0.6 is 0 Å². The Morgan fingerprint density at radius 3 is 2.24 bits per heavy atom. The van der Waals surface area contributed by atoms with Crippen LogP contribution in [0, 0.1) is 5.41 Å². The zero-order valence-corrected chi connectivity index (χ0v) is 14.9. The van der Waals surface area contributed by atoms with Crippen molar-refractivity contribution in [3.63, 3.8) is 0 Å². The number of aromatic nitrogens is 2. The molecule has 1 aromatic heterocycles. The number of likely N-dealkylation sites (tertiary alicyclic amines) is 2. The topological polar surface area (TPSA) is 84.6 Å². The van der Waals surface area contributed by atoms with Crippen LogP contribution in [0.25, 0.3) is 0 Å². The van der Waals surface area contributed by atoms with Gasteiger partial charge in [0.2, 0.25) is 5.91 Å². The second-order valence-corrected chi connectivity index (χ2v) is 7.31. The van der Waals surface area contributed by atoms with Gasteiger partial charge >= 0.3 is 5.69 Å². The molecule has 8 heteroatoms. The van der Waals surface area contributed by atoms with Gasteiger partial charge in [-0.25, -0.2) is 4.79 Å². The third-order valence-electron chi connectivity index (χ3n) is 5.72. The highest BCUT2D eigenvalue weighted by Crippen LogP contribution is 2.39. The van der Waals surface area contributed by atoms with Gasteiger partial charge in [-0.1, -0.05) is 0 Å². The van der Waals surface area contributed by atoms with Gasteiger partial charge in [-0.3, -0.25) is 23.5 Å². The van der Waals surface area contributed by atoms with Crippen LogP contribution in [0.15, 0.2) is 15.7 Å². The Morgan fingerprint density at radius 1 is 1.00 bits per heavy atom. The lowest BCUT2D eigenvalue weighted by molar-refractivity contribution is -0.137. The molecule has 2 amide bonds. The van der Waals surface area contributed by atoms with Crippen LogP contribution in [-0.4, -0.2) is 57.4 Å². The predicted octanol–water partition coefficient (Wildman–Crippen LogP) is -0.441. The number of rotatable bonds is 1. The normalized spacial score (nSPS) is 20.2. The number of piperidine rings is 2. The Balaban J connectivity index is 1.76. The molecule has 2 fully saturated rings. The molecule has 0 saturated carbocycles. The maximum Gasteiger partial charge on any atom is 0.331 e. The van der Waals surface area contributed by atoms with Crippen molar-refractivity contribution in [3.8, 4) is 0 Å². The molecule has 0 aromatic carbocycles. The molecule has 8 nitrogen and oxygen atoms in total. The molecule has 136 valence electrons. The van der Waals surface area contributed by atoms with E-state index < -0.39 is 11.2 Å². The zero-order chi connectivity index (χ0) is 18.4. The monoisotopic (exact) mass is 348 g/mol. The van der Waals surface area contributed by atoms with Crippen molar-refractivity contribution in [1.29, 1.82) is 0 Å². The average Bonchev–Trinajstić information content (AvgIpc) is 2.60. The first kappa shape index (κ1) is 17.4. The SMILES string of the molecule is CN1CC2(CCC1=O)CCN(C(=O)c1cc(=O)n(C)c(=O)n1C)CC2. The van der Waals surface area contributed by atoms with Crippen molar-refractivity contribution in [3.05, 3.63) is 32.6 Å². The molecule has 0 radical (unpaired) electrons. The van der Waals surface area contributed by atoms with E-state index in [0.29, 0.717) is 19.5 Å². The minimum atomic E-state index is -0.503. The first-order valence-corrected chi connectivity index (χ1v) is 8.54. The highest BCUT2D eigenvalue weighted by Gasteiger charge is 2.41. The second kappa shape index (κ2) is 6.16. The van der Waals surface area contributed by atoms with E-state index in [1.54, 1.807) is 9.80 Å². The molecule has 2 aliphatic rings. The van der Waals surface area contributed by atoms with E-state index >= 15 is 0 Å². The van der Waals surface area contributed by atoms with Crippen LogP contribution in [0.3, 0.4) is 0 Å². The first-order valence-electron chi connectivity index (χ1n) is 8.54. The molecular formula is C17H24N4O4. The third-order valence-corrected chi connectivity index (χ3v) is 5.72. The lowest BCUT2D eigenvalue weighted by atomic mass is 9.72. The van der Waals surface area contributed by atoms with Crippen molar-refractivity contribution in [2.75, 3.05) is 26.7 Å². The van der Waals surface area contributed by atoms with Gasteiger partial charge in [-0.15, -0.1) is 0 Å². The highest BCUT2D eigenvalue weighted by atomic mass is 16.2. The first-order chi connectivity index (χ1) is 11.7. The molecule has 0 unspecified atom stereocenters. The molecule has 0 N–H and O–H groups in total. The number of carbonyl (C=O) groups is 2. The van der Waals surface area contributed by atoms with Crippen LogP contribution in [0.2, 0.25) is 0 Å². The quantitative estimate of drug-likeness (QED) is 0.689. The van der Waals surface area contributed by atoms with Gasteiger partial charge in [0.05, 0.1) is 0 Å². The molecule has 2 saturated heterocycles. The van der Waals surface area contributed by atoms with E-state index in [-0.39, 0.29) is 22.9 Å². The van der Waals surface area contributed by atoms with Crippen molar-refractivity contribution in [2.24, 2.45) is 19.5 Å². The van der Waals surface area contributed by atoms with Gasteiger partial charge in [0.15, 0.2) is 0 Å². The van der Waals surface area contributed by atoms with Crippen LogP contribution in [0.5, 0.6) is 0 Å². The van der Waals surface area contributed by atoms with Crippen molar-refractivity contribution in [2.45, 2.75) is 25.7 Å². The fourth-order valence-corrected chi connectivity index (χ4v) is 3.93. The minimum Gasteiger partial charge on any atom is -0.345 e. The Hall–Kier alpha value is -2.38. The Labute approximate surface area is 145 Å². The lowest BCUT2D eigenvalue weighted by Crippen LogP contribution is -2.52. The molecule has 2 aliphatic heterocycles. The van der Waals surface area contributed by atoms with Crippen LogP contribution in [0.4, 0.5) is 0 Å². The van der Waals surface area contributed by atoms with Gasteiger partial charge in [0.25, 0.3) is 11.5 Å². The summed E-state index contributed by atoms with van der Waals surface area (Å²) in [5, 5.41) is 0. The van der Waals surface area contributed by atoms with Crippen LogP contribution in [0.1, 0.15) is 36.2 Å². The summed E-state index contributed by atoms with van der Waals surface area (Å²) in [6, 6.07) is 1.22. The molecule has 1 spiro atoms. The molecule has 0 atom stereocenters. The van der Waals surface area contributed by atoms with E-state index in [2.05, 4.69) is 0 Å². The van der Waals surface area contributed by atoms with Crippen molar-refractivity contribution in [1.82, 2.24) is 18.9 Å². The molecule has 3 rings (SSSR count). The summed E-state index contributed by atoms with van der Waals surface area (Å²) in [6.07, 6.45) is 3.08. The standard InChI is InChI=1S/C17H24N4O4/c1-18-11-17(5-4-13(18)22)6-8-21(9-7-17)15(24)12-10-14(23)20(3)16(25)19(12)2/h10H,4-9,11H2,1-3H3. The van der Waals surface area contributed by atoms with Crippen LogP contribution < -0.4 is 11.2 Å². The molecule has 1 aromatic rings. The van der Waals surface area contributed by atoms with E-state index in [1.807, 2.05) is 7.05 Å². The number of nitrogens with zero attached hydrogens (tertiary/aromatic N) is 4. The molecule has 25 heavy (non-hydrogen) atoms. The van der Waals surface area contributed by atoms with Gasteiger partial charge in [0, 0.05) is 53.3 Å². The number of hydrogen-bond donors (Lipinski definition) is 0. The second-order valence-electron chi connectivity index (χ2n) is 7.31. The third kappa shape index (κ3) is 3.01.